The molecule has 0 radical (unpaired) electrons. The van der Waals surface area contributed by atoms with Crippen molar-refractivity contribution in [2.45, 2.75) is 11.3 Å². The molecule has 0 aliphatic heterocycles. The normalized spacial score (nSPS) is 9.79. The third kappa shape index (κ3) is 3.30. The van der Waals surface area contributed by atoms with Gasteiger partial charge in [0.05, 0.1) is 13.0 Å². The molecule has 0 heterocycles. The molecular formula is C10H12O3S. The SMILES string of the molecule is CSc1ccccc1OCCC(=O)O. The lowest BCUT2D eigenvalue weighted by molar-refractivity contribution is -0.137. The first kappa shape index (κ1) is 10.9. The Hall–Kier alpha value is -1.16. The van der Waals surface area contributed by atoms with Crippen molar-refractivity contribution in [1.29, 1.82) is 0 Å². The fourth-order valence-corrected chi connectivity index (χ4v) is 1.53. The van der Waals surface area contributed by atoms with E-state index in [1.165, 1.54) is 0 Å². The van der Waals surface area contributed by atoms with Crippen LogP contribution in [0.1, 0.15) is 6.42 Å². The van der Waals surface area contributed by atoms with E-state index in [0.717, 1.165) is 10.6 Å². The Morgan fingerprint density at radius 1 is 1.50 bits per heavy atom. The van der Waals surface area contributed by atoms with Gasteiger partial charge in [0, 0.05) is 4.90 Å². The Bertz CT molecular complexity index is 312. The summed E-state index contributed by atoms with van der Waals surface area (Å²) in [4.78, 5) is 11.3. The lowest BCUT2D eigenvalue weighted by Gasteiger charge is -2.07. The maximum Gasteiger partial charge on any atom is 0.306 e. The number of carboxylic acids is 1. The van der Waals surface area contributed by atoms with Gasteiger partial charge in [-0.15, -0.1) is 11.8 Å². The van der Waals surface area contributed by atoms with Gasteiger partial charge in [0.2, 0.25) is 0 Å². The molecule has 0 amide bonds. The van der Waals surface area contributed by atoms with Crippen LogP contribution in [0.15, 0.2) is 29.2 Å². The van der Waals surface area contributed by atoms with Crippen molar-refractivity contribution in [1.82, 2.24) is 0 Å². The maximum atomic E-state index is 10.3. The van der Waals surface area contributed by atoms with Crippen LogP contribution < -0.4 is 4.74 Å². The van der Waals surface area contributed by atoms with Gasteiger partial charge in [-0.05, 0) is 18.4 Å². The lowest BCUT2D eigenvalue weighted by Crippen LogP contribution is -2.05. The molecule has 0 bridgehead atoms. The highest BCUT2D eigenvalue weighted by Crippen LogP contribution is 2.26. The second-order valence-electron chi connectivity index (χ2n) is 2.64. The van der Waals surface area contributed by atoms with Crippen LogP contribution in [0.3, 0.4) is 0 Å². The quantitative estimate of drug-likeness (QED) is 0.760. The number of aliphatic carboxylic acids is 1. The lowest BCUT2D eigenvalue weighted by atomic mass is 10.3. The number of carbonyl (C=O) groups is 1. The monoisotopic (exact) mass is 212 g/mol. The number of benzene rings is 1. The summed E-state index contributed by atoms with van der Waals surface area (Å²) >= 11 is 1.58. The zero-order valence-electron chi connectivity index (χ0n) is 7.90. The van der Waals surface area contributed by atoms with Crippen LogP contribution in [-0.4, -0.2) is 23.9 Å². The third-order valence-corrected chi connectivity index (χ3v) is 2.42. The summed E-state index contributed by atoms with van der Waals surface area (Å²) in [6.07, 6.45) is 1.99. The molecule has 1 N–H and O–H groups in total. The molecule has 0 aromatic heterocycles. The summed E-state index contributed by atoms with van der Waals surface area (Å²) in [7, 11) is 0. The number of hydrogen-bond acceptors (Lipinski definition) is 3. The molecule has 76 valence electrons. The highest BCUT2D eigenvalue weighted by atomic mass is 32.2. The first-order valence-corrected chi connectivity index (χ1v) is 5.44. The van der Waals surface area contributed by atoms with Gasteiger partial charge in [0.15, 0.2) is 0 Å². The molecule has 0 unspecified atom stereocenters. The van der Waals surface area contributed by atoms with Crippen molar-refractivity contribution in [2.24, 2.45) is 0 Å². The van der Waals surface area contributed by atoms with Crippen LogP contribution in [0.2, 0.25) is 0 Å². The van der Waals surface area contributed by atoms with E-state index < -0.39 is 5.97 Å². The Morgan fingerprint density at radius 2 is 2.21 bits per heavy atom. The van der Waals surface area contributed by atoms with E-state index in [9.17, 15) is 4.79 Å². The third-order valence-electron chi connectivity index (χ3n) is 1.64. The Balaban J connectivity index is 2.53. The number of ether oxygens (including phenoxy) is 1. The summed E-state index contributed by atoms with van der Waals surface area (Å²) in [6, 6.07) is 7.58. The average Bonchev–Trinajstić information content (AvgIpc) is 2.18. The van der Waals surface area contributed by atoms with Gasteiger partial charge in [-0.3, -0.25) is 4.79 Å². The van der Waals surface area contributed by atoms with Crippen LogP contribution in [0, 0.1) is 0 Å². The number of thioether (sulfide) groups is 1. The molecule has 1 aromatic carbocycles. The van der Waals surface area contributed by atoms with Crippen molar-refractivity contribution in [3.05, 3.63) is 24.3 Å². The van der Waals surface area contributed by atoms with E-state index in [4.69, 9.17) is 9.84 Å². The van der Waals surface area contributed by atoms with Crippen LogP contribution >= 0.6 is 11.8 Å². The number of para-hydroxylation sites is 1. The fourth-order valence-electron chi connectivity index (χ4n) is 0.986. The highest BCUT2D eigenvalue weighted by Gasteiger charge is 2.02. The van der Waals surface area contributed by atoms with E-state index in [0.29, 0.717) is 0 Å². The van der Waals surface area contributed by atoms with E-state index in [1.807, 2.05) is 30.5 Å². The number of rotatable bonds is 5. The zero-order valence-corrected chi connectivity index (χ0v) is 8.71. The van der Waals surface area contributed by atoms with Gasteiger partial charge < -0.3 is 9.84 Å². The summed E-state index contributed by atoms with van der Waals surface area (Å²) in [5.41, 5.74) is 0. The Kier molecular flexibility index (Phi) is 4.32. The number of hydrogen-bond donors (Lipinski definition) is 1. The molecule has 1 aromatic rings. The molecule has 0 fully saturated rings. The van der Waals surface area contributed by atoms with Gasteiger partial charge in [-0.25, -0.2) is 0 Å². The fraction of sp³-hybridized carbons (Fsp3) is 0.300. The van der Waals surface area contributed by atoms with Gasteiger partial charge in [-0.2, -0.15) is 0 Å². The zero-order chi connectivity index (χ0) is 10.4. The topological polar surface area (TPSA) is 46.5 Å². The standard InChI is InChI=1S/C10H12O3S/c1-14-9-5-3-2-4-8(9)13-7-6-10(11)12/h2-5H,6-7H2,1H3,(H,11,12). The molecule has 0 saturated carbocycles. The van der Waals surface area contributed by atoms with Gasteiger partial charge in [0.25, 0.3) is 0 Å². The molecule has 0 atom stereocenters. The molecular weight excluding hydrogens is 200 g/mol. The second kappa shape index (κ2) is 5.54. The van der Waals surface area contributed by atoms with Gasteiger partial charge in [0.1, 0.15) is 5.75 Å². The van der Waals surface area contributed by atoms with E-state index in [1.54, 1.807) is 11.8 Å². The molecule has 3 nitrogen and oxygen atoms in total. The van der Waals surface area contributed by atoms with Gasteiger partial charge >= 0.3 is 5.97 Å². The van der Waals surface area contributed by atoms with Crippen LogP contribution in [-0.2, 0) is 4.79 Å². The molecule has 0 aliphatic rings. The molecule has 1 rings (SSSR count). The summed E-state index contributed by atoms with van der Waals surface area (Å²) in [5.74, 6) is -0.0899. The van der Waals surface area contributed by atoms with Crippen LogP contribution in [0.25, 0.3) is 0 Å². The minimum Gasteiger partial charge on any atom is -0.492 e. The van der Waals surface area contributed by atoms with Crippen molar-refractivity contribution in [2.75, 3.05) is 12.9 Å². The average molecular weight is 212 g/mol. The molecule has 0 saturated heterocycles. The predicted octanol–water partition coefficient (Wildman–Crippen LogP) is 2.26. The van der Waals surface area contributed by atoms with Crippen molar-refractivity contribution < 1.29 is 14.6 Å². The smallest absolute Gasteiger partial charge is 0.306 e. The summed E-state index contributed by atoms with van der Waals surface area (Å²) in [6.45, 7) is 0.215. The van der Waals surface area contributed by atoms with Crippen molar-refractivity contribution in [3.63, 3.8) is 0 Å². The molecule has 14 heavy (non-hydrogen) atoms. The Labute approximate surface area is 87.1 Å². The first-order valence-electron chi connectivity index (χ1n) is 4.21. The van der Waals surface area contributed by atoms with E-state index in [-0.39, 0.29) is 13.0 Å². The maximum absolute atomic E-state index is 10.3. The Morgan fingerprint density at radius 3 is 2.86 bits per heavy atom. The van der Waals surface area contributed by atoms with E-state index >= 15 is 0 Å². The summed E-state index contributed by atoms with van der Waals surface area (Å²) < 4.78 is 5.34. The predicted molar refractivity (Wildman–Crippen MR) is 56.0 cm³/mol. The van der Waals surface area contributed by atoms with Gasteiger partial charge in [-0.1, -0.05) is 12.1 Å². The van der Waals surface area contributed by atoms with Crippen LogP contribution in [0.4, 0.5) is 0 Å². The van der Waals surface area contributed by atoms with Crippen LogP contribution in [0.5, 0.6) is 5.75 Å². The number of carboxylic acid groups (broad SMARTS) is 1. The molecule has 0 spiro atoms. The first-order chi connectivity index (χ1) is 6.74. The molecule has 4 heteroatoms. The minimum atomic E-state index is -0.841. The highest BCUT2D eigenvalue weighted by molar-refractivity contribution is 7.98. The van der Waals surface area contributed by atoms with Crippen molar-refractivity contribution in [3.8, 4) is 5.75 Å². The van der Waals surface area contributed by atoms with Crippen molar-refractivity contribution >= 4 is 17.7 Å². The largest absolute Gasteiger partial charge is 0.492 e. The summed E-state index contributed by atoms with van der Waals surface area (Å²) in [5, 5.41) is 8.43. The molecule has 0 aliphatic carbocycles. The van der Waals surface area contributed by atoms with E-state index in [2.05, 4.69) is 0 Å². The second-order valence-corrected chi connectivity index (χ2v) is 3.49. The minimum absolute atomic E-state index is 0.0305.